The van der Waals surface area contributed by atoms with Crippen molar-refractivity contribution in [1.29, 1.82) is 0 Å². The van der Waals surface area contributed by atoms with Crippen molar-refractivity contribution in [2.24, 2.45) is 0 Å². The topological polar surface area (TPSA) is 42.0 Å². The number of aromatic nitrogens is 1. The van der Waals surface area contributed by atoms with Crippen LogP contribution in [0.25, 0.3) is 0 Å². The first-order chi connectivity index (χ1) is 8.63. The Bertz CT molecular complexity index is 548. The molecular weight excluding hydrogens is 244 g/mol. The van der Waals surface area contributed by atoms with E-state index in [4.69, 9.17) is 0 Å². The number of nitrogens with zero attached hydrogens (tertiary/aromatic N) is 1. The molecule has 0 unspecified atom stereocenters. The summed E-state index contributed by atoms with van der Waals surface area (Å²) in [6.07, 6.45) is 0.357. The highest BCUT2D eigenvalue weighted by molar-refractivity contribution is 7.09. The number of rotatable bonds is 4. The van der Waals surface area contributed by atoms with Crippen molar-refractivity contribution in [3.05, 3.63) is 51.5 Å². The van der Waals surface area contributed by atoms with E-state index >= 15 is 0 Å². The molecule has 1 aromatic heterocycles. The lowest BCUT2D eigenvalue weighted by Crippen LogP contribution is -2.24. The summed E-state index contributed by atoms with van der Waals surface area (Å²) in [6.45, 7) is 4.56. The summed E-state index contributed by atoms with van der Waals surface area (Å²) in [5.74, 6) is 0.0156. The fourth-order valence-electron chi connectivity index (χ4n) is 1.74. The Morgan fingerprint density at radius 2 is 2.22 bits per heavy atom. The second kappa shape index (κ2) is 5.78. The van der Waals surface area contributed by atoms with Gasteiger partial charge in [-0.15, -0.1) is 11.3 Å². The van der Waals surface area contributed by atoms with Gasteiger partial charge in [0.1, 0.15) is 0 Å². The van der Waals surface area contributed by atoms with Crippen LogP contribution in [0.3, 0.4) is 0 Å². The van der Waals surface area contributed by atoms with Gasteiger partial charge in [-0.05, 0) is 19.4 Å². The summed E-state index contributed by atoms with van der Waals surface area (Å²) >= 11 is 1.57. The quantitative estimate of drug-likeness (QED) is 0.918. The van der Waals surface area contributed by atoms with Crippen molar-refractivity contribution in [3.8, 4) is 0 Å². The third kappa shape index (κ3) is 3.67. The van der Waals surface area contributed by atoms with Crippen LogP contribution in [0, 0.1) is 13.8 Å². The van der Waals surface area contributed by atoms with E-state index < -0.39 is 0 Å². The zero-order valence-electron chi connectivity index (χ0n) is 10.6. The number of amides is 1. The summed E-state index contributed by atoms with van der Waals surface area (Å²) in [7, 11) is 0. The number of hydrogen-bond donors (Lipinski definition) is 1. The van der Waals surface area contributed by atoms with Crippen molar-refractivity contribution < 1.29 is 4.79 Å². The molecule has 0 saturated heterocycles. The Kier molecular flexibility index (Phi) is 4.10. The molecule has 0 fully saturated rings. The third-order valence-corrected chi connectivity index (χ3v) is 3.40. The van der Waals surface area contributed by atoms with E-state index in [-0.39, 0.29) is 5.91 Å². The Morgan fingerprint density at radius 1 is 1.39 bits per heavy atom. The summed E-state index contributed by atoms with van der Waals surface area (Å²) in [6, 6.07) is 8.14. The average Bonchev–Trinajstić information content (AvgIpc) is 2.72. The number of aryl methyl sites for hydroxylation is 2. The maximum atomic E-state index is 11.7. The van der Waals surface area contributed by atoms with Crippen molar-refractivity contribution in [3.63, 3.8) is 0 Å². The molecule has 1 N–H and O–H groups in total. The molecule has 1 aromatic carbocycles. The molecular formula is C14H16N2OS. The second-order valence-electron chi connectivity index (χ2n) is 4.30. The standard InChI is InChI=1S/C14H16N2OS/c1-10-4-3-5-12(6-10)8-15-14(17)7-13-9-18-11(2)16-13/h3-6,9H,7-8H2,1-2H3,(H,15,17). The van der Waals surface area contributed by atoms with Gasteiger partial charge in [0.05, 0.1) is 17.1 Å². The molecule has 0 aliphatic carbocycles. The minimum absolute atomic E-state index is 0.0156. The maximum Gasteiger partial charge on any atom is 0.226 e. The maximum absolute atomic E-state index is 11.7. The SMILES string of the molecule is Cc1cccc(CNC(=O)Cc2csc(C)n2)c1. The van der Waals surface area contributed by atoms with Crippen LogP contribution < -0.4 is 5.32 Å². The molecule has 0 atom stereocenters. The van der Waals surface area contributed by atoms with E-state index in [1.807, 2.05) is 37.4 Å². The lowest BCUT2D eigenvalue weighted by molar-refractivity contribution is -0.120. The molecule has 0 saturated carbocycles. The monoisotopic (exact) mass is 260 g/mol. The minimum atomic E-state index is 0.0156. The minimum Gasteiger partial charge on any atom is -0.352 e. The number of nitrogens with one attached hydrogen (secondary N) is 1. The van der Waals surface area contributed by atoms with Crippen LogP contribution in [-0.4, -0.2) is 10.9 Å². The number of carbonyl (C=O) groups is 1. The molecule has 0 radical (unpaired) electrons. The first-order valence-corrected chi connectivity index (χ1v) is 6.75. The van der Waals surface area contributed by atoms with Crippen LogP contribution in [-0.2, 0) is 17.8 Å². The van der Waals surface area contributed by atoms with Gasteiger partial charge in [-0.1, -0.05) is 29.8 Å². The fraction of sp³-hybridized carbons (Fsp3) is 0.286. The molecule has 94 valence electrons. The molecule has 0 aliphatic rings. The van der Waals surface area contributed by atoms with E-state index in [0.29, 0.717) is 13.0 Å². The van der Waals surface area contributed by atoms with Crippen LogP contribution in [0.15, 0.2) is 29.6 Å². The van der Waals surface area contributed by atoms with E-state index in [2.05, 4.69) is 16.4 Å². The highest BCUT2D eigenvalue weighted by Gasteiger charge is 2.06. The number of thiazole rings is 1. The Morgan fingerprint density at radius 3 is 2.89 bits per heavy atom. The van der Waals surface area contributed by atoms with E-state index in [9.17, 15) is 4.79 Å². The van der Waals surface area contributed by atoms with Gasteiger partial charge < -0.3 is 5.32 Å². The molecule has 3 nitrogen and oxygen atoms in total. The van der Waals surface area contributed by atoms with Gasteiger partial charge in [0.25, 0.3) is 0 Å². The van der Waals surface area contributed by atoms with Gasteiger partial charge in [-0.2, -0.15) is 0 Å². The summed E-state index contributed by atoms with van der Waals surface area (Å²) in [4.78, 5) is 16.0. The van der Waals surface area contributed by atoms with E-state index in [0.717, 1.165) is 16.3 Å². The van der Waals surface area contributed by atoms with Crippen molar-refractivity contribution in [1.82, 2.24) is 10.3 Å². The van der Waals surface area contributed by atoms with Crippen LogP contribution in [0.4, 0.5) is 0 Å². The van der Waals surface area contributed by atoms with Crippen LogP contribution >= 0.6 is 11.3 Å². The van der Waals surface area contributed by atoms with Crippen molar-refractivity contribution in [2.75, 3.05) is 0 Å². The zero-order valence-corrected chi connectivity index (χ0v) is 11.4. The molecule has 1 amide bonds. The predicted molar refractivity (Wildman–Crippen MR) is 73.6 cm³/mol. The molecule has 2 aromatic rings. The van der Waals surface area contributed by atoms with Gasteiger partial charge in [-0.3, -0.25) is 4.79 Å². The second-order valence-corrected chi connectivity index (χ2v) is 5.36. The van der Waals surface area contributed by atoms with Gasteiger partial charge in [-0.25, -0.2) is 4.98 Å². The van der Waals surface area contributed by atoms with Gasteiger partial charge in [0.2, 0.25) is 5.91 Å². The number of hydrogen-bond acceptors (Lipinski definition) is 3. The van der Waals surface area contributed by atoms with Crippen LogP contribution in [0.2, 0.25) is 0 Å². The first kappa shape index (κ1) is 12.8. The highest BCUT2D eigenvalue weighted by Crippen LogP contribution is 2.08. The average molecular weight is 260 g/mol. The summed E-state index contributed by atoms with van der Waals surface area (Å²) in [5, 5.41) is 5.84. The Hall–Kier alpha value is -1.68. The number of benzene rings is 1. The third-order valence-electron chi connectivity index (χ3n) is 2.58. The summed E-state index contributed by atoms with van der Waals surface area (Å²) < 4.78 is 0. The predicted octanol–water partition coefficient (Wildman–Crippen LogP) is 2.62. The lowest BCUT2D eigenvalue weighted by Gasteiger charge is -2.05. The largest absolute Gasteiger partial charge is 0.352 e. The Balaban J connectivity index is 1.85. The van der Waals surface area contributed by atoms with Crippen molar-refractivity contribution >= 4 is 17.2 Å². The normalized spacial score (nSPS) is 10.3. The molecule has 4 heteroatoms. The fourth-order valence-corrected chi connectivity index (χ4v) is 2.35. The van der Waals surface area contributed by atoms with Gasteiger partial charge in [0.15, 0.2) is 0 Å². The van der Waals surface area contributed by atoms with E-state index in [1.165, 1.54) is 5.56 Å². The zero-order chi connectivity index (χ0) is 13.0. The smallest absolute Gasteiger partial charge is 0.226 e. The van der Waals surface area contributed by atoms with Crippen LogP contribution in [0.5, 0.6) is 0 Å². The molecule has 0 spiro atoms. The first-order valence-electron chi connectivity index (χ1n) is 5.87. The lowest BCUT2D eigenvalue weighted by atomic mass is 10.1. The number of carbonyl (C=O) groups excluding carboxylic acids is 1. The highest BCUT2D eigenvalue weighted by atomic mass is 32.1. The summed E-state index contributed by atoms with van der Waals surface area (Å²) in [5.41, 5.74) is 3.17. The molecule has 2 rings (SSSR count). The van der Waals surface area contributed by atoms with Crippen molar-refractivity contribution in [2.45, 2.75) is 26.8 Å². The molecule has 0 bridgehead atoms. The molecule has 0 aliphatic heterocycles. The molecule has 1 heterocycles. The molecule has 18 heavy (non-hydrogen) atoms. The van der Waals surface area contributed by atoms with Gasteiger partial charge >= 0.3 is 0 Å². The van der Waals surface area contributed by atoms with Gasteiger partial charge in [0, 0.05) is 11.9 Å². The van der Waals surface area contributed by atoms with Crippen LogP contribution in [0.1, 0.15) is 21.8 Å². The van der Waals surface area contributed by atoms with E-state index in [1.54, 1.807) is 11.3 Å². The Labute approximate surface area is 111 Å².